The van der Waals surface area contributed by atoms with Crippen molar-refractivity contribution in [3.8, 4) is 0 Å². The second kappa shape index (κ2) is 5.92. The first-order chi connectivity index (χ1) is 11.4. The molecular formula is C17H19N5O2. The molecule has 7 nitrogen and oxygen atoms in total. The maximum Gasteiger partial charge on any atom is 0.274 e. The summed E-state index contributed by atoms with van der Waals surface area (Å²) in [4.78, 5) is 32.5. The van der Waals surface area contributed by atoms with Gasteiger partial charge in [0.15, 0.2) is 0 Å². The summed E-state index contributed by atoms with van der Waals surface area (Å²) in [5.41, 5.74) is 7.21. The minimum absolute atomic E-state index is 0.155. The monoisotopic (exact) mass is 325 g/mol. The van der Waals surface area contributed by atoms with Crippen molar-refractivity contribution in [1.82, 2.24) is 19.2 Å². The second-order valence-electron chi connectivity index (χ2n) is 6.06. The van der Waals surface area contributed by atoms with Gasteiger partial charge in [-0.25, -0.2) is 4.98 Å². The van der Waals surface area contributed by atoms with Crippen LogP contribution < -0.4 is 11.3 Å². The normalized spacial score (nSPS) is 11.3. The zero-order chi connectivity index (χ0) is 17.4. The van der Waals surface area contributed by atoms with Crippen LogP contribution in [-0.4, -0.2) is 25.1 Å². The predicted molar refractivity (Wildman–Crippen MR) is 90.1 cm³/mol. The molecule has 3 aromatic rings. The van der Waals surface area contributed by atoms with Crippen molar-refractivity contribution < 1.29 is 4.79 Å². The number of amides is 1. The van der Waals surface area contributed by atoms with Gasteiger partial charge >= 0.3 is 0 Å². The fourth-order valence-electron chi connectivity index (χ4n) is 2.56. The topological polar surface area (TPSA) is 95.3 Å². The summed E-state index contributed by atoms with van der Waals surface area (Å²) in [6.07, 6.45) is 0. The summed E-state index contributed by atoms with van der Waals surface area (Å²) < 4.78 is 3.25. The number of carbonyl (C=O) groups excluding carboxylic acids is 1. The van der Waals surface area contributed by atoms with Gasteiger partial charge in [-0.2, -0.15) is 9.50 Å². The van der Waals surface area contributed by atoms with E-state index in [2.05, 4.69) is 9.97 Å². The first-order valence-corrected chi connectivity index (χ1v) is 7.72. The lowest BCUT2D eigenvalue weighted by atomic mass is 10.1. The van der Waals surface area contributed by atoms with E-state index in [1.165, 1.54) is 4.52 Å². The van der Waals surface area contributed by atoms with Crippen LogP contribution >= 0.6 is 0 Å². The molecule has 0 bridgehead atoms. The zero-order valence-corrected chi connectivity index (χ0v) is 13.9. The Morgan fingerprint density at radius 1 is 1.21 bits per heavy atom. The van der Waals surface area contributed by atoms with Crippen molar-refractivity contribution >= 4 is 11.7 Å². The maximum absolute atomic E-state index is 12.5. The number of rotatable bonds is 4. The van der Waals surface area contributed by atoms with Crippen molar-refractivity contribution in [3.63, 3.8) is 0 Å². The summed E-state index contributed by atoms with van der Waals surface area (Å²) in [5, 5.41) is 0. The molecule has 0 radical (unpaired) electrons. The highest BCUT2D eigenvalue weighted by molar-refractivity contribution is 5.92. The van der Waals surface area contributed by atoms with Gasteiger partial charge in [-0.05, 0) is 30.5 Å². The average Bonchev–Trinajstić information content (AvgIpc) is 2.84. The third-order valence-electron chi connectivity index (χ3n) is 3.94. The number of aryl methyl sites for hydroxylation is 1. The summed E-state index contributed by atoms with van der Waals surface area (Å²) in [6, 6.07) is 8.51. The molecule has 0 saturated heterocycles. The minimum atomic E-state index is -0.465. The Kier molecular flexibility index (Phi) is 3.92. The molecule has 2 aromatic heterocycles. The van der Waals surface area contributed by atoms with E-state index in [-0.39, 0.29) is 11.5 Å². The van der Waals surface area contributed by atoms with Gasteiger partial charge < -0.3 is 5.73 Å². The summed E-state index contributed by atoms with van der Waals surface area (Å²) in [5.74, 6) is 0.791. The standard InChI is InChI=1S/C17H19N5O2/c1-10(2)14-8-15(23)22-17(20-14)19-11(3)21(22)9-12-4-6-13(7-5-12)16(18)24/h4-8,10H,9H2,1-3H3,(H2,18,24). The smallest absolute Gasteiger partial charge is 0.274 e. The first-order valence-electron chi connectivity index (χ1n) is 7.72. The summed E-state index contributed by atoms with van der Waals surface area (Å²) >= 11 is 0. The highest BCUT2D eigenvalue weighted by Gasteiger charge is 2.13. The number of hydrogen-bond donors (Lipinski definition) is 1. The van der Waals surface area contributed by atoms with Gasteiger partial charge in [0.05, 0.1) is 12.2 Å². The molecule has 0 saturated carbocycles. The third-order valence-corrected chi connectivity index (χ3v) is 3.94. The average molecular weight is 325 g/mol. The molecule has 3 rings (SSSR count). The Morgan fingerprint density at radius 2 is 1.88 bits per heavy atom. The van der Waals surface area contributed by atoms with Crippen LogP contribution in [-0.2, 0) is 6.54 Å². The molecule has 0 aliphatic heterocycles. The van der Waals surface area contributed by atoms with Crippen molar-refractivity contribution in [3.05, 3.63) is 63.3 Å². The van der Waals surface area contributed by atoms with Gasteiger partial charge in [0.25, 0.3) is 11.3 Å². The lowest BCUT2D eigenvalue weighted by Gasteiger charge is -2.09. The Balaban J connectivity index is 2.05. The van der Waals surface area contributed by atoms with Crippen molar-refractivity contribution in [2.75, 3.05) is 0 Å². The van der Waals surface area contributed by atoms with E-state index in [0.717, 1.165) is 11.3 Å². The molecule has 0 unspecified atom stereocenters. The molecular weight excluding hydrogens is 306 g/mol. The molecule has 7 heteroatoms. The third kappa shape index (κ3) is 2.80. The molecule has 0 atom stereocenters. The highest BCUT2D eigenvalue weighted by atomic mass is 16.1. The largest absolute Gasteiger partial charge is 0.366 e. The van der Waals surface area contributed by atoms with Crippen LogP contribution in [0, 0.1) is 6.92 Å². The van der Waals surface area contributed by atoms with E-state index >= 15 is 0 Å². The Labute approximate surface area is 138 Å². The highest BCUT2D eigenvalue weighted by Crippen LogP contribution is 2.12. The molecule has 0 spiro atoms. The van der Waals surface area contributed by atoms with Gasteiger partial charge in [-0.15, -0.1) is 0 Å². The fourth-order valence-corrected chi connectivity index (χ4v) is 2.56. The van der Waals surface area contributed by atoms with E-state index in [4.69, 9.17) is 5.73 Å². The number of hydrogen-bond acceptors (Lipinski definition) is 4. The lowest BCUT2D eigenvalue weighted by molar-refractivity contribution is 0.100. The van der Waals surface area contributed by atoms with E-state index in [1.807, 2.05) is 32.9 Å². The maximum atomic E-state index is 12.5. The Morgan fingerprint density at radius 3 is 2.46 bits per heavy atom. The molecule has 124 valence electrons. The molecule has 24 heavy (non-hydrogen) atoms. The Hall–Kier alpha value is -2.96. The SMILES string of the molecule is Cc1nc2nc(C(C)C)cc(=O)n2n1Cc1ccc(C(N)=O)cc1. The fraction of sp³-hybridized carbons (Fsp3) is 0.294. The number of nitrogens with two attached hydrogens (primary N) is 1. The first kappa shape index (κ1) is 15.9. The van der Waals surface area contributed by atoms with Crippen molar-refractivity contribution in [2.24, 2.45) is 5.73 Å². The van der Waals surface area contributed by atoms with Crippen LogP contribution in [0.1, 0.15) is 47.2 Å². The van der Waals surface area contributed by atoms with Crippen LogP contribution in [0.25, 0.3) is 5.78 Å². The van der Waals surface area contributed by atoms with E-state index in [1.54, 1.807) is 22.9 Å². The van der Waals surface area contributed by atoms with Gasteiger partial charge in [0.2, 0.25) is 5.91 Å². The van der Waals surface area contributed by atoms with Crippen molar-refractivity contribution in [2.45, 2.75) is 33.2 Å². The molecule has 0 aliphatic carbocycles. The van der Waals surface area contributed by atoms with Crippen LogP contribution in [0.2, 0.25) is 0 Å². The minimum Gasteiger partial charge on any atom is -0.366 e. The number of aromatic nitrogens is 4. The molecule has 1 amide bonds. The van der Waals surface area contributed by atoms with Crippen LogP contribution in [0.5, 0.6) is 0 Å². The predicted octanol–water partition coefficient (Wildman–Crippen LogP) is 1.47. The zero-order valence-electron chi connectivity index (χ0n) is 13.9. The van der Waals surface area contributed by atoms with Crippen LogP contribution in [0.15, 0.2) is 35.1 Å². The van der Waals surface area contributed by atoms with Crippen molar-refractivity contribution in [1.29, 1.82) is 0 Å². The van der Waals surface area contributed by atoms with Gasteiger partial charge in [0.1, 0.15) is 5.82 Å². The van der Waals surface area contributed by atoms with E-state index in [0.29, 0.717) is 23.7 Å². The quantitative estimate of drug-likeness (QED) is 0.785. The number of fused-ring (bicyclic) bond motifs is 1. The van der Waals surface area contributed by atoms with Crippen LogP contribution in [0.4, 0.5) is 0 Å². The van der Waals surface area contributed by atoms with Gasteiger partial charge in [-0.3, -0.25) is 14.3 Å². The Bertz CT molecular complexity index is 967. The van der Waals surface area contributed by atoms with Crippen LogP contribution in [0.3, 0.4) is 0 Å². The number of primary amides is 1. The summed E-state index contributed by atoms with van der Waals surface area (Å²) in [6.45, 7) is 6.26. The molecule has 1 aromatic carbocycles. The van der Waals surface area contributed by atoms with E-state index < -0.39 is 5.91 Å². The lowest BCUT2D eigenvalue weighted by Crippen LogP contribution is -2.23. The second-order valence-corrected chi connectivity index (χ2v) is 6.06. The molecule has 0 fully saturated rings. The van der Waals surface area contributed by atoms with E-state index in [9.17, 15) is 9.59 Å². The number of carbonyl (C=O) groups is 1. The van der Waals surface area contributed by atoms with Gasteiger partial charge in [-0.1, -0.05) is 26.0 Å². The summed E-state index contributed by atoms with van der Waals surface area (Å²) in [7, 11) is 0. The molecule has 2 N–H and O–H groups in total. The van der Waals surface area contributed by atoms with Gasteiger partial charge in [0, 0.05) is 11.6 Å². The number of benzene rings is 1. The number of nitrogens with zero attached hydrogens (tertiary/aromatic N) is 4. The molecule has 2 heterocycles. The molecule has 0 aliphatic rings.